The molecule has 0 aliphatic rings. The van der Waals surface area contributed by atoms with E-state index in [0.29, 0.717) is 29.9 Å². The van der Waals surface area contributed by atoms with E-state index in [1.54, 1.807) is 37.3 Å². The first kappa shape index (κ1) is 26.0. The summed E-state index contributed by atoms with van der Waals surface area (Å²) >= 11 is 0. The zero-order valence-corrected chi connectivity index (χ0v) is 21.2. The maximum absolute atomic E-state index is 13.2. The van der Waals surface area contributed by atoms with Crippen LogP contribution in [0.2, 0.25) is 0 Å². The molecule has 0 aromatic heterocycles. The van der Waals surface area contributed by atoms with Crippen LogP contribution < -0.4 is 14.9 Å². The third kappa shape index (κ3) is 6.70. The molecule has 0 aliphatic carbocycles. The number of aryl methyl sites for hydroxylation is 2. The molecule has 0 heterocycles. The van der Waals surface area contributed by atoms with Gasteiger partial charge in [-0.2, -0.15) is 0 Å². The molecule has 0 unspecified atom stereocenters. The van der Waals surface area contributed by atoms with Gasteiger partial charge >= 0.3 is 0 Å². The lowest BCUT2D eigenvalue weighted by Gasteiger charge is -2.30. The number of rotatable bonds is 9. The van der Waals surface area contributed by atoms with Gasteiger partial charge in [-0.3, -0.25) is 13.9 Å². The summed E-state index contributed by atoms with van der Waals surface area (Å²) in [6.45, 7) is 5.63. The Morgan fingerprint density at radius 2 is 1.60 bits per heavy atom. The van der Waals surface area contributed by atoms with Crippen LogP contribution in [-0.2, 0) is 21.2 Å². The monoisotopic (exact) mass is 493 g/mol. The molecule has 0 radical (unpaired) electrons. The van der Waals surface area contributed by atoms with Gasteiger partial charge < -0.3 is 10.6 Å². The Labute approximate surface area is 207 Å². The molecule has 35 heavy (non-hydrogen) atoms. The van der Waals surface area contributed by atoms with Crippen molar-refractivity contribution >= 4 is 33.2 Å². The van der Waals surface area contributed by atoms with Gasteiger partial charge in [0.1, 0.15) is 6.04 Å². The summed E-state index contributed by atoms with van der Waals surface area (Å²) in [4.78, 5) is 26.0. The molecular weight excluding hydrogens is 462 g/mol. The van der Waals surface area contributed by atoms with Crippen LogP contribution in [0, 0.1) is 13.8 Å². The lowest BCUT2D eigenvalue weighted by Crippen LogP contribution is -2.46. The van der Waals surface area contributed by atoms with Crippen LogP contribution in [0.5, 0.6) is 0 Å². The van der Waals surface area contributed by atoms with Crippen molar-refractivity contribution < 1.29 is 18.0 Å². The number of para-hydroxylation sites is 1. The first-order valence-electron chi connectivity index (χ1n) is 11.4. The minimum absolute atomic E-state index is 0.304. The van der Waals surface area contributed by atoms with Gasteiger partial charge in [-0.05, 0) is 62.1 Å². The van der Waals surface area contributed by atoms with Crippen molar-refractivity contribution in [1.29, 1.82) is 0 Å². The van der Waals surface area contributed by atoms with Gasteiger partial charge in [-0.1, -0.05) is 54.6 Å². The molecule has 3 rings (SSSR count). The Hall–Kier alpha value is -3.65. The first-order chi connectivity index (χ1) is 16.6. The van der Waals surface area contributed by atoms with Gasteiger partial charge in [0.15, 0.2) is 0 Å². The second kappa shape index (κ2) is 11.2. The Bertz CT molecular complexity index is 1310. The van der Waals surface area contributed by atoms with Crippen molar-refractivity contribution in [3.8, 4) is 0 Å². The predicted octanol–water partition coefficient (Wildman–Crippen LogP) is 4.07. The number of benzene rings is 3. The number of anilines is 2. The van der Waals surface area contributed by atoms with Crippen LogP contribution in [-0.4, -0.2) is 39.1 Å². The molecular formula is C27H31N3O4S. The SMILES string of the molecule is Cc1ccc(C)c(N([C@@H](C)C(=O)Nc2ccccc2C(=O)NCCc2ccccc2)S(C)(=O)=O)c1. The fourth-order valence-electron chi connectivity index (χ4n) is 3.83. The molecule has 1 atom stereocenters. The summed E-state index contributed by atoms with van der Waals surface area (Å²) in [5, 5.41) is 5.63. The molecule has 2 N–H and O–H groups in total. The molecule has 0 saturated carbocycles. The van der Waals surface area contributed by atoms with Crippen molar-refractivity contribution in [2.24, 2.45) is 0 Å². The summed E-state index contributed by atoms with van der Waals surface area (Å²) in [5.41, 5.74) is 3.79. The predicted molar refractivity (Wildman–Crippen MR) is 140 cm³/mol. The number of hydrogen-bond acceptors (Lipinski definition) is 4. The number of amides is 2. The van der Waals surface area contributed by atoms with Crippen molar-refractivity contribution in [2.45, 2.75) is 33.2 Å². The summed E-state index contributed by atoms with van der Waals surface area (Å²) in [6.07, 6.45) is 1.75. The highest BCUT2D eigenvalue weighted by Crippen LogP contribution is 2.27. The summed E-state index contributed by atoms with van der Waals surface area (Å²) < 4.78 is 26.5. The topological polar surface area (TPSA) is 95.6 Å². The average Bonchev–Trinajstić information content (AvgIpc) is 2.81. The number of sulfonamides is 1. The van der Waals surface area contributed by atoms with E-state index in [-0.39, 0.29) is 5.91 Å². The fraction of sp³-hybridized carbons (Fsp3) is 0.259. The smallest absolute Gasteiger partial charge is 0.253 e. The number of nitrogens with zero attached hydrogens (tertiary/aromatic N) is 1. The van der Waals surface area contributed by atoms with Gasteiger partial charge in [0.2, 0.25) is 15.9 Å². The standard InChI is InChI=1S/C27H31N3O4S/c1-19-14-15-20(2)25(18-19)30(35(4,33)34)21(3)26(31)29-24-13-9-8-12-23(24)27(32)28-17-16-22-10-6-5-7-11-22/h5-15,18,21H,16-17H2,1-4H3,(H,28,32)(H,29,31)/t21-/m0/s1. The molecule has 0 aliphatic heterocycles. The molecule has 0 bridgehead atoms. The third-order valence-corrected chi connectivity index (χ3v) is 6.89. The van der Waals surface area contributed by atoms with Crippen molar-refractivity contribution in [1.82, 2.24) is 5.32 Å². The van der Waals surface area contributed by atoms with E-state index in [2.05, 4.69) is 10.6 Å². The highest BCUT2D eigenvalue weighted by atomic mass is 32.2. The Morgan fingerprint density at radius 1 is 0.943 bits per heavy atom. The van der Waals surface area contributed by atoms with E-state index in [4.69, 9.17) is 0 Å². The molecule has 0 spiro atoms. The summed E-state index contributed by atoms with van der Waals surface area (Å²) in [5.74, 6) is -0.861. The summed E-state index contributed by atoms with van der Waals surface area (Å²) in [7, 11) is -3.77. The molecule has 0 fully saturated rings. The Balaban J connectivity index is 1.77. The van der Waals surface area contributed by atoms with E-state index in [1.165, 1.54) is 6.92 Å². The Morgan fingerprint density at radius 3 is 2.29 bits per heavy atom. The van der Waals surface area contributed by atoms with E-state index in [9.17, 15) is 18.0 Å². The minimum Gasteiger partial charge on any atom is -0.352 e. The van der Waals surface area contributed by atoms with E-state index < -0.39 is 22.0 Å². The number of carbonyl (C=O) groups is 2. The molecule has 0 saturated heterocycles. The zero-order chi connectivity index (χ0) is 25.6. The molecule has 184 valence electrons. The van der Waals surface area contributed by atoms with Gasteiger partial charge in [0, 0.05) is 6.54 Å². The largest absolute Gasteiger partial charge is 0.352 e. The van der Waals surface area contributed by atoms with Gasteiger partial charge in [-0.25, -0.2) is 8.42 Å². The van der Waals surface area contributed by atoms with Crippen LogP contribution in [0.1, 0.15) is 34.0 Å². The maximum atomic E-state index is 13.2. The molecule has 2 amide bonds. The quantitative estimate of drug-likeness (QED) is 0.470. The lowest BCUT2D eigenvalue weighted by atomic mass is 10.1. The van der Waals surface area contributed by atoms with Gasteiger partial charge in [-0.15, -0.1) is 0 Å². The summed E-state index contributed by atoms with van der Waals surface area (Å²) in [6, 6.07) is 20.9. The first-order valence-corrected chi connectivity index (χ1v) is 13.2. The number of carbonyl (C=O) groups excluding carboxylic acids is 2. The maximum Gasteiger partial charge on any atom is 0.253 e. The van der Waals surface area contributed by atoms with Gasteiger partial charge in [0.25, 0.3) is 5.91 Å². The average molecular weight is 494 g/mol. The fourth-order valence-corrected chi connectivity index (χ4v) is 5.05. The van der Waals surface area contributed by atoms with Crippen LogP contribution in [0.25, 0.3) is 0 Å². The van der Waals surface area contributed by atoms with Crippen molar-refractivity contribution in [2.75, 3.05) is 22.4 Å². The number of nitrogens with one attached hydrogen (secondary N) is 2. The van der Waals surface area contributed by atoms with E-state index >= 15 is 0 Å². The lowest BCUT2D eigenvalue weighted by molar-refractivity contribution is -0.116. The van der Waals surface area contributed by atoms with Crippen LogP contribution in [0.3, 0.4) is 0 Å². The van der Waals surface area contributed by atoms with Crippen LogP contribution in [0.4, 0.5) is 11.4 Å². The van der Waals surface area contributed by atoms with E-state index in [1.807, 2.05) is 49.4 Å². The third-order valence-electron chi connectivity index (χ3n) is 5.66. The van der Waals surface area contributed by atoms with Crippen molar-refractivity contribution in [3.05, 3.63) is 95.1 Å². The molecule has 3 aromatic rings. The minimum atomic E-state index is -3.77. The van der Waals surface area contributed by atoms with E-state index in [0.717, 1.165) is 27.3 Å². The highest BCUT2D eigenvalue weighted by Gasteiger charge is 2.30. The number of hydrogen-bond donors (Lipinski definition) is 2. The normalized spacial score (nSPS) is 12.0. The Kier molecular flexibility index (Phi) is 8.30. The molecule has 7 nitrogen and oxygen atoms in total. The molecule has 3 aromatic carbocycles. The van der Waals surface area contributed by atoms with Gasteiger partial charge in [0.05, 0.1) is 23.2 Å². The van der Waals surface area contributed by atoms with Crippen LogP contribution in [0.15, 0.2) is 72.8 Å². The van der Waals surface area contributed by atoms with Crippen LogP contribution >= 0.6 is 0 Å². The zero-order valence-electron chi connectivity index (χ0n) is 20.4. The molecule has 8 heteroatoms. The second-order valence-corrected chi connectivity index (χ2v) is 10.4. The highest BCUT2D eigenvalue weighted by molar-refractivity contribution is 7.92. The van der Waals surface area contributed by atoms with Crippen molar-refractivity contribution in [3.63, 3.8) is 0 Å². The second-order valence-electron chi connectivity index (χ2n) is 8.55.